The summed E-state index contributed by atoms with van der Waals surface area (Å²) >= 11 is 0. The second-order valence-electron chi connectivity index (χ2n) is 27.2. The zero-order chi connectivity index (χ0) is 68.7. The summed E-state index contributed by atoms with van der Waals surface area (Å²) in [5, 5.41) is 10.6. The van der Waals surface area contributed by atoms with Crippen LogP contribution >= 0.6 is 15.6 Å². The van der Waals surface area contributed by atoms with E-state index < -0.39 is 97.5 Å². The number of carbonyl (C=O) groups is 4. The van der Waals surface area contributed by atoms with E-state index in [1.165, 1.54) is 148 Å². The van der Waals surface area contributed by atoms with Gasteiger partial charge in [-0.15, -0.1) is 0 Å². The van der Waals surface area contributed by atoms with E-state index in [4.69, 9.17) is 37.0 Å². The average Bonchev–Trinajstić information content (AvgIpc) is 2.86. The number of aliphatic hydroxyl groups is 1. The van der Waals surface area contributed by atoms with Crippen molar-refractivity contribution in [2.24, 2.45) is 17.8 Å². The molecule has 0 aliphatic rings. The molecule has 6 atom stereocenters. The summed E-state index contributed by atoms with van der Waals surface area (Å²) in [4.78, 5) is 72.7. The standard InChI is InChI=1S/C74H140O17P2/c1-8-10-11-12-13-14-15-16-17-18-19-27-36-43-50-57-73(78)90-69(61-84-71(76)55-48-41-34-26-22-20-24-31-38-45-52-65(3)4)63-88-92(80,81)86-59-68(75)60-87-93(82,83)89-64-70(62-85-72(77)56-49-42-35-30-29-32-39-46-53-66(5)6)91-74(79)58-51-44-37-28-23-21-25-33-40-47-54-67(7)9-2/h14-17,65-70,75H,8-13,18-64H2,1-7H3,(H,80,81)(H,82,83)/b15-14-,17-16-/t67?,68?,69-,70-/m1/s1. The summed E-state index contributed by atoms with van der Waals surface area (Å²) < 4.78 is 68.4. The molecule has 0 aromatic carbocycles. The maximum absolute atomic E-state index is 13.1. The van der Waals surface area contributed by atoms with Gasteiger partial charge in [-0.1, -0.05) is 297 Å². The highest BCUT2D eigenvalue weighted by Crippen LogP contribution is 2.45. The van der Waals surface area contributed by atoms with Gasteiger partial charge in [0.05, 0.1) is 26.4 Å². The van der Waals surface area contributed by atoms with Crippen LogP contribution in [0.15, 0.2) is 24.3 Å². The number of hydrogen-bond acceptors (Lipinski definition) is 15. The van der Waals surface area contributed by atoms with E-state index in [2.05, 4.69) is 72.8 Å². The molecule has 0 aromatic heterocycles. The second kappa shape index (κ2) is 64.2. The first-order valence-corrected chi connectivity index (χ1v) is 40.7. The van der Waals surface area contributed by atoms with Crippen molar-refractivity contribution < 1.29 is 80.2 Å². The molecule has 93 heavy (non-hydrogen) atoms. The number of aliphatic hydroxyl groups excluding tert-OH is 1. The molecule has 0 aliphatic carbocycles. The van der Waals surface area contributed by atoms with Gasteiger partial charge >= 0.3 is 39.5 Å². The smallest absolute Gasteiger partial charge is 0.462 e. The second-order valence-corrected chi connectivity index (χ2v) is 30.1. The third kappa shape index (κ3) is 66.6. The number of hydrogen-bond donors (Lipinski definition) is 3. The monoisotopic (exact) mass is 1360 g/mol. The molecular formula is C74H140O17P2. The molecule has 0 amide bonds. The molecule has 3 N–H and O–H groups in total. The predicted molar refractivity (Wildman–Crippen MR) is 377 cm³/mol. The minimum atomic E-state index is -4.96. The fourth-order valence-corrected chi connectivity index (χ4v) is 12.3. The van der Waals surface area contributed by atoms with Crippen LogP contribution < -0.4 is 0 Å². The minimum Gasteiger partial charge on any atom is -0.462 e. The Morgan fingerprint density at radius 3 is 0.957 bits per heavy atom. The molecule has 19 heteroatoms. The first-order chi connectivity index (χ1) is 44.8. The molecule has 0 bridgehead atoms. The van der Waals surface area contributed by atoms with E-state index in [9.17, 15) is 43.2 Å². The lowest BCUT2D eigenvalue weighted by Crippen LogP contribution is -2.30. The third-order valence-corrected chi connectivity index (χ3v) is 18.8. The molecular weight excluding hydrogens is 1220 g/mol. The van der Waals surface area contributed by atoms with Crippen molar-refractivity contribution >= 4 is 39.5 Å². The van der Waals surface area contributed by atoms with E-state index in [1.54, 1.807) is 0 Å². The number of allylic oxidation sites excluding steroid dienone is 4. The molecule has 0 spiro atoms. The van der Waals surface area contributed by atoms with Crippen molar-refractivity contribution in [2.75, 3.05) is 39.6 Å². The third-order valence-electron chi connectivity index (χ3n) is 16.9. The molecule has 0 saturated heterocycles. The molecule has 0 heterocycles. The van der Waals surface area contributed by atoms with Gasteiger partial charge in [0.15, 0.2) is 12.2 Å². The molecule has 0 saturated carbocycles. The normalized spacial score (nSPS) is 14.6. The number of ether oxygens (including phenoxy) is 4. The zero-order valence-electron chi connectivity index (χ0n) is 60.2. The van der Waals surface area contributed by atoms with Crippen LogP contribution in [0.25, 0.3) is 0 Å². The van der Waals surface area contributed by atoms with Crippen LogP contribution in [0.5, 0.6) is 0 Å². The van der Waals surface area contributed by atoms with E-state index in [-0.39, 0.29) is 25.7 Å². The van der Waals surface area contributed by atoms with Gasteiger partial charge in [-0.25, -0.2) is 9.13 Å². The molecule has 0 radical (unpaired) electrons. The quantitative estimate of drug-likeness (QED) is 0.0169. The Kier molecular flexibility index (Phi) is 62.5. The lowest BCUT2D eigenvalue weighted by atomic mass is 9.99. The zero-order valence-corrected chi connectivity index (χ0v) is 62.0. The summed E-state index contributed by atoms with van der Waals surface area (Å²) in [5.41, 5.74) is 0. The van der Waals surface area contributed by atoms with Crippen molar-refractivity contribution in [2.45, 2.75) is 369 Å². The summed E-state index contributed by atoms with van der Waals surface area (Å²) in [5.74, 6) is 0.130. The lowest BCUT2D eigenvalue weighted by Gasteiger charge is -2.21. The SMILES string of the molecule is CCCCCC/C=C\C=C/CCCCCCCC(=O)O[C@H](COC(=O)CCCCCCCCCCCCC(C)C)COP(=O)(O)OCC(O)COP(=O)(O)OC[C@@H](COC(=O)CCCCCCCCCCC(C)C)OC(=O)CCCCCCCCCCCCC(C)CC. The minimum absolute atomic E-state index is 0.0844. The van der Waals surface area contributed by atoms with Gasteiger partial charge in [0.1, 0.15) is 19.3 Å². The first kappa shape index (κ1) is 90.5. The molecule has 0 aromatic rings. The van der Waals surface area contributed by atoms with Crippen molar-refractivity contribution in [3.8, 4) is 0 Å². The number of carbonyl (C=O) groups excluding carboxylic acids is 4. The van der Waals surface area contributed by atoms with Crippen LogP contribution in [-0.4, -0.2) is 96.7 Å². The highest BCUT2D eigenvalue weighted by molar-refractivity contribution is 7.47. The van der Waals surface area contributed by atoms with Crippen LogP contribution in [0.2, 0.25) is 0 Å². The fraction of sp³-hybridized carbons (Fsp3) is 0.892. The highest BCUT2D eigenvalue weighted by Gasteiger charge is 2.30. The number of rotatable bonds is 70. The van der Waals surface area contributed by atoms with Crippen LogP contribution in [0.3, 0.4) is 0 Å². The summed E-state index contributed by atoms with van der Waals surface area (Å²) in [6, 6.07) is 0. The van der Waals surface area contributed by atoms with Crippen LogP contribution in [0.1, 0.15) is 350 Å². The Bertz CT molecular complexity index is 1910. The molecule has 0 fully saturated rings. The largest absolute Gasteiger partial charge is 0.472 e. The van der Waals surface area contributed by atoms with Gasteiger partial charge < -0.3 is 33.8 Å². The van der Waals surface area contributed by atoms with Gasteiger partial charge in [0, 0.05) is 25.7 Å². The van der Waals surface area contributed by atoms with Crippen LogP contribution in [0, 0.1) is 17.8 Å². The molecule has 17 nitrogen and oxygen atoms in total. The molecule has 0 aliphatic heterocycles. The summed E-state index contributed by atoms with van der Waals surface area (Å²) in [7, 11) is -9.92. The lowest BCUT2D eigenvalue weighted by molar-refractivity contribution is -0.161. The van der Waals surface area contributed by atoms with Crippen molar-refractivity contribution in [3.05, 3.63) is 24.3 Å². The van der Waals surface area contributed by atoms with Gasteiger partial charge in [0.2, 0.25) is 0 Å². The predicted octanol–water partition coefficient (Wildman–Crippen LogP) is 21.0. The number of phosphoric ester groups is 2. The van der Waals surface area contributed by atoms with E-state index in [0.717, 1.165) is 120 Å². The van der Waals surface area contributed by atoms with Crippen molar-refractivity contribution in [1.82, 2.24) is 0 Å². The Morgan fingerprint density at radius 1 is 0.355 bits per heavy atom. The molecule has 4 unspecified atom stereocenters. The van der Waals surface area contributed by atoms with Gasteiger partial charge in [-0.3, -0.25) is 37.3 Å². The van der Waals surface area contributed by atoms with Crippen LogP contribution in [0.4, 0.5) is 0 Å². The Balaban J connectivity index is 5.31. The topological polar surface area (TPSA) is 237 Å². The number of phosphoric acid groups is 2. The summed E-state index contributed by atoms with van der Waals surface area (Å²) in [6.45, 7) is 11.8. The summed E-state index contributed by atoms with van der Waals surface area (Å²) in [6.07, 6.45) is 52.1. The maximum atomic E-state index is 13.1. The van der Waals surface area contributed by atoms with Gasteiger partial charge in [0.25, 0.3) is 0 Å². The van der Waals surface area contributed by atoms with Gasteiger partial charge in [-0.05, 0) is 69.1 Å². The fourth-order valence-electron chi connectivity index (χ4n) is 10.7. The average molecular weight is 1360 g/mol. The van der Waals surface area contributed by atoms with E-state index in [1.807, 2.05) is 0 Å². The Labute approximate surface area is 567 Å². The van der Waals surface area contributed by atoms with E-state index >= 15 is 0 Å². The van der Waals surface area contributed by atoms with Crippen molar-refractivity contribution in [1.29, 1.82) is 0 Å². The Morgan fingerprint density at radius 2 is 0.634 bits per heavy atom. The Hall–Kier alpha value is -2.46. The van der Waals surface area contributed by atoms with Gasteiger partial charge in [-0.2, -0.15) is 0 Å². The van der Waals surface area contributed by atoms with E-state index in [0.29, 0.717) is 25.7 Å². The van der Waals surface area contributed by atoms with Crippen LogP contribution in [-0.2, 0) is 65.4 Å². The number of unbranched alkanes of at least 4 members (excludes halogenated alkanes) is 34. The highest BCUT2D eigenvalue weighted by atomic mass is 31.2. The molecule has 548 valence electrons. The van der Waals surface area contributed by atoms with Crippen molar-refractivity contribution in [3.63, 3.8) is 0 Å². The first-order valence-electron chi connectivity index (χ1n) is 37.7. The maximum Gasteiger partial charge on any atom is 0.472 e. The molecule has 0 rings (SSSR count). The number of esters is 4.